The lowest BCUT2D eigenvalue weighted by Crippen LogP contribution is -2.31. The quantitative estimate of drug-likeness (QED) is 0.609. The van der Waals surface area contributed by atoms with Crippen LogP contribution in [0.25, 0.3) is 5.65 Å². The summed E-state index contributed by atoms with van der Waals surface area (Å²) < 4.78 is 19.4. The van der Waals surface area contributed by atoms with Crippen molar-refractivity contribution in [2.75, 3.05) is 26.8 Å². The van der Waals surface area contributed by atoms with Crippen LogP contribution in [-0.4, -0.2) is 68.0 Å². The number of imidazole rings is 1. The Labute approximate surface area is 193 Å². The van der Waals surface area contributed by atoms with E-state index < -0.39 is 11.7 Å². The second-order valence-electron chi connectivity index (χ2n) is 9.75. The number of hydrogen-bond donors (Lipinski definition) is 1. The Bertz CT molecular complexity index is 1160. The van der Waals surface area contributed by atoms with Crippen LogP contribution in [0, 0.1) is 0 Å². The molecular formula is C24H31N5O4. The second-order valence-corrected chi connectivity index (χ2v) is 9.75. The molecule has 1 aromatic carbocycles. The molecule has 5 rings (SSSR count). The normalized spacial score (nSPS) is 19.5. The van der Waals surface area contributed by atoms with Gasteiger partial charge in [0.15, 0.2) is 0 Å². The molecule has 3 aromatic rings. The fourth-order valence-corrected chi connectivity index (χ4v) is 4.49. The Morgan fingerprint density at radius 1 is 1.30 bits per heavy atom. The monoisotopic (exact) mass is 453 g/mol. The molecule has 2 atom stereocenters. The summed E-state index contributed by atoms with van der Waals surface area (Å²) in [5.41, 5.74) is 2.28. The van der Waals surface area contributed by atoms with Gasteiger partial charge >= 0.3 is 6.01 Å². The zero-order valence-electron chi connectivity index (χ0n) is 19.6. The van der Waals surface area contributed by atoms with E-state index in [0.29, 0.717) is 36.5 Å². The summed E-state index contributed by atoms with van der Waals surface area (Å²) in [6, 6.07) is 6.27. The number of rotatable bonds is 6. The standard InChI is InChI=1S/C24H31N5O4/c1-24(2,3)33-22-21-25-13-18(20(30)17-8-5-9-19-16(17)10-12-31-19)29(21)27-23(26-22)32-14-15-7-6-11-28(15)4/h5,8-9,13,15,20,30H,6-7,10-12,14H2,1-4H3. The number of fused-ring (bicyclic) bond motifs is 2. The Hall–Kier alpha value is -2.91. The zero-order valence-corrected chi connectivity index (χ0v) is 19.6. The molecule has 9 heteroatoms. The number of ether oxygens (including phenoxy) is 3. The molecule has 2 aromatic heterocycles. The van der Waals surface area contributed by atoms with Crippen molar-refractivity contribution in [1.29, 1.82) is 0 Å². The van der Waals surface area contributed by atoms with Crippen LogP contribution >= 0.6 is 0 Å². The van der Waals surface area contributed by atoms with Gasteiger partial charge in [0.05, 0.1) is 18.5 Å². The highest BCUT2D eigenvalue weighted by Crippen LogP contribution is 2.35. The second kappa shape index (κ2) is 8.46. The molecule has 33 heavy (non-hydrogen) atoms. The summed E-state index contributed by atoms with van der Waals surface area (Å²) in [6.45, 7) is 8.02. The maximum atomic E-state index is 11.3. The first kappa shape index (κ1) is 21.9. The molecule has 0 amide bonds. The van der Waals surface area contributed by atoms with Gasteiger partial charge in [-0.3, -0.25) is 0 Å². The molecule has 1 fully saturated rings. The molecule has 0 bridgehead atoms. The highest BCUT2D eigenvalue weighted by atomic mass is 16.5. The summed E-state index contributed by atoms with van der Waals surface area (Å²) in [5, 5.41) is 15.9. The number of aliphatic hydroxyl groups excluding tert-OH is 1. The van der Waals surface area contributed by atoms with Gasteiger partial charge in [-0.15, -0.1) is 5.10 Å². The molecule has 176 valence electrons. The Morgan fingerprint density at radius 3 is 2.91 bits per heavy atom. The van der Waals surface area contributed by atoms with E-state index in [1.807, 2.05) is 39.0 Å². The maximum Gasteiger partial charge on any atom is 0.337 e. The average molecular weight is 454 g/mol. The molecule has 0 saturated carbocycles. The average Bonchev–Trinajstić information content (AvgIpc) is 3.49. The highest BCUT2D eigenvalue weighted by Gasteiger charge is 2.28. The molecule has 1 N–H and O–H groups in total. The van der Waals surface area contributed by atoms with Crippen molar-refractivity contribution in [3.63, 3.8) is 0 Å². The minimum absolute atomic E-state index is 0.204. The van der Waals surface area contributed by atoms with E-state index in [2.05, 4.69) is 27.0 Å². The van der Waals surface area contributed by atoms with Crippen LogP contribution in [0.15, 0.2) is 24.4 Å². The molecule has 4 heterocycles. The first-order chi connectivity index (χ1) is 15.8. The first-order valence-electron chi connectivity index (χ1n) is 11.5. The van der Waals surface area contributed by atoms with E-state index in [-0.39, 0.29) is 6.01 Å². The van der Waals surface area contributed by atoms with Crippen LogP contribution in [0.2, 0.25) is 0 Å². The predicted molar refractivity (Wildman–Crippen MR) is 122 cm³/mol. The molecule has 2 aliphatic heterocycles. The van der Waals surface area contributed by atoms with Crippen molar-refractivity contribution >= 4 is 5.65 Å². The molecule has 1 saturated heterocycles. The summed E-state index contributed by atoms with van der Waals surface area (Å²) in [7, 11) is 2.10. The molecular weight excluding hydrogens is 422 g/mol. The molecule has 2 unspecified atom stereocenters. The van der Waals surface area contributed by atoms with E-state index in [0.717, 1.165) is 42.7 Å². The number of benzene rings is 1. The van der Waals surface area contributed by atoms with Crippen LogP contribution in [-0.2, 0) is 6.42 Å². The van der Waals surface area contributed by atoms with E-state index in [1.165, 1.54) is 0 Å². The molecule has 0 radical (unpaired) electrons. The van der Waals surface area contributed by atoms with Crippen molar-refractivity contribution in [2.45, 2.75) is 57.8 Å². The van der Waals surface area contributed by atoms with Crippen LogP contribution in [0.3, 0.4) is 0 Å². The van der Waals surface area contributed by atoms with Gasteiger partial charge in [0.1, 0.15) is 24.1 Å². The van der Waals surface area contributed by atoms with Crippen LogP contribution in [0.1, 0.15) is 56.5 Å². The third kappa shape index (κ3) is 4.35. The van der Waals surface area contributed by atoms with Crippen LogP contribution in [0.5, 0.6) is 17.6 Å². The summed E-state index contributed by atoms with van der Waals surface area (Å²) in [6.07, 6.45) is 3.69. The first-order valence-corrected chi connectivity index (χ1v) is 11.5. The SMILES string of the molecule is CN1CCCC1COc1nc(OC(C)(C)C)c2ncc(C(O)c3cccc4c3CCO4)n2n1. The Morgan fingerprint density at radius 2 is 2.15 bits per heavy atom. The van der Waals surface area contributed by atoms with Gasteiger partial charge in [-0.2, -0.15) is 4.98 Å². The van der Waals surface area contributed by atoms with E-state index >= 15 is 0 Å². The lowest BCUT2D eigenvalue weighted by Gasteiger charge is -2.22. The summed E-state index contributed by atoms with van der Waals surface area (Å²) >= 11 is 0. The molecule has 2 aliphatic rings. The fraction of sp³-hybridized carbons (Fsp3) is 0.542. The van der Waals surface area contributed by atoms with Crippen molar-refractivity contribution in [3.8, 4) is 17.6 Å². The lowest BCUT2D eigenvalue weighted by molar-refractivity contribution is 0.121. The van der Waals surface area contributed by atoms with Crippen molar-refractivity contribution in [1.82, 2.24) is 24.5 Å². The number of likely N-dealkylation sites (N-methyl/N-ethyl adjacent to an activating group) is 1. The highest BCUT2D eigenvalue weighted by molar-refractivity contribution is 5.52. The van der Waals surface area contributed by atoms with Crippen LogP contribution < -0.4 is 14.2 Å². The minimum atomic E-state index is -0.928. The Balaban J connectivity index is 1.53. The lowest BCUT2D eigenvalue weighted by atomic mass is 9.99. The van der Waals surface area contributed by atoms with Gasteiger partial charge in [0.2, 0.25) is 5.65 Å². The van der Waals surface area contributed by atoms with Gasteiger partial charge in [0, 0.05) is 18.0 Å². The van der Waals surface area contributed by atoms with E-state index in [9.17, 15) is 5.11 Å². The van der Waals surface area contributed by atoms with Gasteiger partial charge in [-0.05, 0) is 58.8 Å². The van der Waals surface area contributed by atoms with E-state index in [4.69, 9.17) is 14.2 Å². The van der Waals surface area contributed by atoms with Crippen molar-refractivity contribution < 1.29 is 19.3 Å². The van der Waals surface area contributed by atoms with E-state index in [1.54, 1.807) is 10.7 Å². The minimum Gasteiger partial charge on any atom is -0.493 e. The number of aromatic nitrogens is 4. The summed E-state index contributed by atoms with van der Waals surface area (Å²) in [5.74, 6) is 1.14. The number of nitrogens with zero attached hydrogens (tertiary/aromatic N) is 5. The van der Waals surface area contributed by atoms with Crippen LogP contribution in [0.4, 0.5) is 0 Å². The predicted octanol–water partition coefficient (Wildman–Crippen LogP) is 2.79. The third-order valence-corrected chi connectivity index (χ3v) is 6.17. The van der Waals surface area contributed by atoms with Gasteiger partial charge in [-0.25, -0.2) is 9.50 Å². The maximum absolute atomic E-state index is 11.3. The Kier molecular flexibility index (Phi) is 5.62. The zero-order chi connectivity index (χ0) is 23.2. The number of aliphatic hydroxyl groups is 1. The smallest absolute Gasteiger partial charge is 0.337 e. The van der Waals surface area contributed by atoms with Gasteiger partial charge in [0.25, 0.3) is 5.88 Å². The van der Waals surface area contributed by atoms with Crippen molar-refractivity contribution in [2.24, 2.45) is 0 Å². The molecule has 9 nitrogen and oxygen atoms in total. The van der Waals surface area contributed by atoms with Gasteiger partial charge in [-0.1, -0.05) is 12.1 Å². The fourth-order valence-electron chi connectivity index (χ4n) is 4.49. The number of likely N-dealkylation sites (tertiary alicyclic amines) is 1. The molecule has 0 aliphatic carbocycles. The van der Waals surface area contributed by atoms with Crippen molar-refractivity contribution in [3.05, 3.63) is 41.2 Å². The largest absolute Gasteiger partial charge is 0.493 e. The van der Waals surface area contributed by atoms with Gasteiger partial charge < -0.3 is 24.2 Å². The third-order valence-electron chi connectivity index (χ3n) is 6.17. The number of hydrogen-bond acceptors (Lipinski definition) is 8. The molecule has 0 spiro atoms. The topological polar surface area (TPSA) is 94.2 Å². The summed E-state index contributed by atoms with van der Waals surface area (Å²) in [4.78, 5) is 11.3.